The van der Waals surface area contributed by atoms with Gasteiger partial charge in [-0.05, 0) is 12.1 Å². The van der Waals surface area contributed by atoms with E-state index in [1.165, 1.54) is 12.1 Å². The second-order valence-corrected chi connectivity index (χ2v) is 5.56. The van der Waals surface area contributed by atoms with Gasteiger partial charge >= 0.3 is 7.60 Å². The third-order valence-corrected chi connectivity index (χ3v) is 2.36. The molecule has 0 aliphatic heterocycles. The number of para-hydroxylation sites is 2. The van der Waals surface area contributed by atoms with Crippen LogP contribution in [0.3, 0.4) is 0 Å². The van der Waals surface area contributed by atoms with Crippen LogP contribution in [0.15, 0.2) is 24.3 Å². The summed E-state index contributed by atoms with van der Waals surface area (Å²) in [7, 11) is -3.57. The van der Waals surface area contributed by atoms with Crippen molar-refractivity contribution < 1.29 is 19.1 Å². The summed E-state index contributed by atoms with van der Waals surface area (Å²) in [5.41, 5.74) is 15.4. The molecule has 0 bridgehead atoms. The largest absolute Gasteiger partial charge is 0.504 e. The summed E-state index contributed by atoms with van der Waals surface area (Å²) in [6.45, 7) is 1.06. The molecule has 1 unspecified atom stereocenters. The van der Waals surface area contributed by atoms with E-state index in [0.29, 0.717) is 0 Å². The van der Waals surface area contributed by atoms with E-state index in [2.05, 4.69) is 19.5 Å². The van der Waals surface area contributed by atoms with Gasteiger partial charge in [0, 0.05) is 6.66 Å². The number of nitrogen functional groups attached to an aromatic ring is 3. The van der Waals surface area contributed by atoms with Crippen molar-refractivity contribution in [2.45, 2.75) is 0 Å². The van der Waals surface area contributed by atoms with Gasteiger partial charge in [0.1, 0.15) is 0 Å². The lowest BCUT2D eigenvalue weighted by Gasteiger charge is -2.08. The van der Waals surface area contributed by atoms with E-state index in [1.54, 1.807) is 12.1 Å². The lowest BCUT2D eigenvalue weighted by molar-refractivity contribution is 0.371. The van der Waals surface area contributed by atoms with Crippen molar-refractivity contribution in [3.8, 4) is 11.5 Å². The Morgan fingerprint density at radius 2 is 1.48 bits per heavy atom. The predicted molar refractivity (Wildman–Crippen MR) is 77.5 cm³/mol. The Kier molecular flexibility index (Phi) is 5.28. The number of nitrogens with zero attached hydrogens (tertiary/aromatic N) is 3. The first kappa shape index (κ1) is 16.5. The number of aromatic nitrogens is 3. The monoisotopic (exact) mass is 314 g/mol. The average Bonchev–Trinajstić information content (AvgIpc) is 2.29. The molecule has 0 aliphatic carbocycles. The molecule has 1 atom stereocenters. The van der Waals surface area contributed by atoms with E-state index in [0.717, 1.165) is 6.66 Å². The van der Waals surface area contributed by atoms with E-state index < -0.39 is 7.60 Å². The molecule has 2 aromatic rings. The highest BCUT2D eigenvalue weighted by atomic mass is 31.2. The summed E-state index contributed by atoms with van der Waals surface area (Å²) in [4.78, 5) is 19.3. The lowest BCUT2D eigenvalue weighted by Crippen LogP contribution is -2.05. The molecule has 0 saturated heterocycles. The zero-order valence-corrected chi connectivity index (χ0v) is 11.9. The number of benzene rings is 1. The summed E-state index contributed by atoms with van der Waals surface area (Å²) >= 11 is 0. The van der Waals surface area contributed by atoms with E-state index in [9.17, 15) is 4.57 Å². The van der Waals surface area contributed by atoms with Gasteiger partial charge in [0.15, 0.2) is 11.5 Å². The average molecular weight is 314 g/mol. The minimum atomic E-state index is -3.57. The van der Waals surface area contributed by atoms with Crippen LogP contribution in [0, 0.1) is 0 Å². The van der Waals surface area contributed by atoms with Crippen molar-refractivity contribution in [1.29, 1.82) is 0 Å². The fourth-order valence-electron chi connectivity index (χ4n) is 1.14. The van der Waals surface area contributed by atoms with Crippen molar-refractivity contribution in [1.82, 2.24) is 15.0 Å². The van der Waals surface area contributed by atoms with Crippen LogP contribution in [-0.4, -0.2) is 31.6 Å². The molecule has 0 aliphatic rings. The summed E-state index contributed by atoms with van der Waals surface area (Å²) in [5, 5.41) is 9.12. The Morgan fingerprint density at radius 3 is 1.86 bits per heavy atom. The maximum atomic E-state index is 10.8. The highest BCUT2D eigenvalue weighted by Crippen LogP contribution is 2.41. The fourth-order valence-corrected chi connectivity index (χ4v) is 1.66. The van der Waals surface area contributed by atoms with Crippen LogP contribution in [0.5, 0.6) is 11.5 Å². The maximum absolute atomic E-state index is 10.8. The van der Waals surface area contributed by atoms with Gasteiger partial charge in [-0.25, -0.2) is 4.57 Å². The molecule has 8 N–H and O–H groups in total. The van der Waals surface area contributed by atoms with E-state index in [4.69, 9.17) is 27.2 Å². The van der Waals surface area contributed by atoms with Crippen LogP contribution >= 0.6 is 7.60 Å². The van der Waals surface area contributed by atoms with Gasteiger partial charge in [-0.15, -0.1) is 0 Å². The lowest BCUT2D eigenvalue weighted by atomic mass is 10.3. The Morgan fingerprint density at radius 1 is 1.05 bits per heavy atom. The SMILES string of the molecule is CP(=O)(O)Oc1ccccc1O.Nc1nc(N)nc(N)n1. The van der Waals surface area contributed by atoms with Gasteiger partial charge in [0.25, 0.3) is 0 Å². The number of phenolic OH excluding ortho intramolecular Hbond substituents is 1. The number of nitrogens with two attached hydrogens (primary N) is 3. The van der Waals surface area contributed by atoms with Gasteiger partial charge in [-0.3, -0.25) is 0 Å². The molecule has 1 aromatic carbocycles. The third-order valence-electron chi connectivity index (χ3n) is 1.82. The molecule has 0 radical (unpaired) electrons. The van der Waals surface area contributed by atoms with Gasteiger partial charge in [-0.1, -0.05) is 12.1 Å². The van der Waals surface area contributed by atoms with Gasteiger partial charge in [-0.2, -0.15) is 15.0 Å². The highest BCUT2D eigenvalue weighted by Gasteiger charge is 2.13. The third kappa shape index (κ3) is 6.41. The van der Waals surface area contributed by atoms with Crippen LogP contribution in [0.2, 0.25) is 0 Å². The molecule has 0 amide bonds. The molecule has 21 heavy (non-hydrogen) atoms. The second-order valence-electron chi connectivity index (χ2n) is 3.77. The molecule has 1 heterocycles. The minimum absolute atomic E-state index is 0.0193. The Labute approximate surface area is 120 Å². The Balaban J connectivity index is 0.000000219. The number of hydrogen-bond acceptors (Lipinski definition) is 9. The molecule has 1 aromatic heterocycles. The Bertz CT molecular complexity index is 611. The van der Waals surface area contributed by atoms with Crippen LogP contribution in [-0.2, 0) is 4.57 Å². The normalized spacial score (nSPS) is 12.7. The van der Waals surface area contributed by atoms with Crippen molar-refractivity contribution in [2.24, 2.45) is 0 Å². The standard InChI is InChI=1S/C7H9O4P.C3H6N6/c1-12(9,10)11-7-5-3-2-4-6(7)8;4-1-7-2(5)9-3(6)8-1/h2-5,8H,1H3,(H,9,10);(H6,4,5,6,7,8,9). The molecular weight excluding hydrogens is 299 g/mol. The van der Waals surface area contributed by atoms with Crippen molar-refractivity contribution in [2.75, 3.05) is 23.9 Å². The number of rotatable bonds is 2. The summed E-state index contributed by atoms with van der Waals surface area (Å²) in [6.07, 6.45) is 0. The first-order valence-electron chi connectivity index (χ1n) is 5.48. The quantitative estimate of drug-likeness (QED) is 0.480. The van der Waals surface area contributed by atoms with Crippen LogP contribution < -0.4 is 21.7 Å². The minimum Gasteiger partial charge on any atom is -0.504 e. The van der Waals surface area contributed by atoms with Crippen molar-refractivity contribution >= 4 is 25.4 Å². The molecule has 0 fully saturated rings. The topological polar surface area (TPSA) is 183 Å². The summed E-state index contributed by atoms with van der Waals surface area (Å²) in [6, 6.07) is 6.00. The van der Waals surface area contributed by atoms with Crippen molar-refractivity contribution in [3.63, 3.8) is 0 Å². The number of anilines is 3. The summed E-state index contributed by atoms with van der Waals surface area (Å²) < 4.78 is 15.4. The maximum Gasteiger partial charge on any atom is 0.373 e. The van der Waals surface area contributed by atoms with Crippen LogP contribution in [0.25, 0.3) is 0 Å². The summed E-state index contributed by atoms with van der Waals surface area (Å²) in [5.74, 6) is -0.000502. The van der Waals surface area contributed by atoms with Crippen molar-refractivity contribution in [3.05, 3.63) is 24.3 Å². The second kappa shape index (κ2) is 6.73. The van der Waals surface area contributed by atoms with Gasteiger partial charge < -0.3 is 31.7 Å². The molecule has 10 nitrogen and oxygen atoms in total. The number of hydrogen-bond donors (Lipinski definition) is 5. The van der Waals surface area contributed by atoms with E-state index in [1.807, 2.05) is 0 Å². The van der Waals surface area contributed by atoms with Gasteiger partial charge in [0.2, 0.25) is 17.8 Å². The fraction of sp³-hybridized carbons (Fsp3) is 0.100. The molecule has 0 spiro atoms. The van der Waals surface area contributed by atoms with Crippen LogP contribution in [0.4, 0.5) is 17.8 Å². The van der Waals surface area contributed by atoms with Crippen LogP contribution in [0.1, 0.15) is 0 Å². The zero-order valence-electron chi connectivity index (χ0n) is 11.0. The predicted octanol–water partition coefficient (Wildman–Crippen LogP) is 0.204. The zero-order chi connectivity index (χ0) is 16.0. The highest BCUT2D eigenvalue weighted by molar-refractivity contribution is 7.52. The molecule has 114 valence electrons. The molecular formula is C10H15N6O4P. The van der Waals surface area contributed by atoms with E-state index in [-0.39, 0.29) is 29.3 Å². The number of aromatic hydroxyl groups is 1. The molecule has 0 saturated carbocycles. The smallest absolute Gasteiger partial charge is 0.373 e. The van der Waals surface area contributed by atoms with E-state index >= 15 is 0 Å². The Hall–Kier alpha value is -2.58. The number of phenols is 1. The first-order chi connectivity index (χ1) is 9.67. The molecule has 11 heteroatoms. The molecule has 2 rings (SSSR count). The van der Waals surface area contributed by atoms with Gasteiger partial charge in [0.05, 0.1) is 0 Å². The first-order valence-corrected chi connectivity index (χ1v) is 7.50.